The molecule has 0 unspecified atom stereocenters. The predicted octanol–water partition coefficient (Wildman–Crippen LogP) is 1.72. The summed E-state index contributed by atoms with van der Waals surface area (Å²) in [4.78, 5) is 41.5. The number of nitrogens with zero attached hydrogens (tertiary/aromatic N) is 3. The maximum atomic E-state index is 13.0. The number of hydrogen-bond acceptors (Lipinski definition) is 4. The number of carbonyl (C=O) groups is 2. The van der Waals surface area contributed by atoms with Crippen LogP contribution in [0.1, 0.15) is 28.8 Å². The minimum absolute atomic E-state index is 0.0907. The Bertz CT molecular complexity index is 972. The molecule has 0 saturated carbocycles. The van der Waals surface area contributed by atoms with Crippen LogP contribution in [0.25, 0.3) is 0 Å². The zero-order valence-corrected chi connectivity index (χ0v) is 18.0. The molecule has 3 rings (SSSR count). The average molecular weight is 429 g/mol. The van der Waals surface area contributed by atoms with Gasteiger partial charge in [0.2, 0.25) is 5.91 Å². The van der Waals surface area contributed by atoms with Crippen LogP contribution in [0, 0.1) is 11.7 Å². The summed E-state index contributed by atoms with van der Waals surface area (Å²) in [6.07, 6.45) is 3.46. The second-order valence-corrected chi connectivity index (χ2v) is 8.30. The molecular weight excluding hydrogens is 399 g/mol. The summed E-state index contributed by atoms with van der Waals surface area (Å²) in [7, 11) is 4.04. The van der Waals surface area contributed by atoms with E-state index in [4.69, 9.17) is 0 Å². The van der Waals surface area contributed by atoms with E-state index < -0.39 is 0 Å². The Balaban J connectivity index is 1.62. The lowest BCUT2D eigenvalue weighted by Gasteiger charge is -2.34. The maximum Gasteiger partial charge on any atom is 0.253 e. The second-order valence-electron chi connectivity index (χ2n) is 8.30. The van der Waals surface area contributed by atoms with E-state index in [-0.39, 0.29) is 36.3 Å². The largest absolute Gasteiger partial charge is 0.348 e. The van der Waals surface area contributed by atoms with Crippen LogP contribution in [0.4, 0.5) is 4.39 Å². The van der Waals surface area contributed by atoms with Crippen LogP contribution < -0.4 is 10.9 Å². The predicted molar refractivity (Wildman–Crippen MR) is 116 cm³/mol. The smallest absolute Gasteiger partial charge is 0.253 e. The molecule has 1 fully saturated rings. The second kappa shape index (κ2) is 10.3. The molecule has 7 nitrogen and oxygen atoms in total. The number of hydrogen-bond donors (Lipinski definition) is 1. The van der Waals surface area contributed by atoms with Crippen LogP contribution >= 0.6 is 0 Å². The molecule has 0 bridgehead atoms. The van der Waals surface area contributed by atoms with Gasteiger partial charge >= 0.3 is 0 Å². The van der Waals surface area contributed by atoms with Gasteiger partial charge in [-0.1, -0.05) is 12.1 Å². The van der Waals surface area contributed by atoms with Crippen LogP contribution in [0.5, 0.6) is 0 Å². The molecule has 8 heteroatoms. The molecule has 1 saturated heterocycles. The third-order valence-electron chi connectivity index (χ3n) is 5.41. The fraction of sp³-hybridized carbons (Fsp3) is 0.435. The van der Waals surface area contributed by atoms with E-state index in [1.54, 1.807) is 12.1 Å². The van der Waals surface area contributed by atoms with E-state index in [1.165, 1.54) is 35.0 Å². The van der Waals surface area contributed by atoms with Gasteiger partial charge in [-0.05, 0) is 56.6 Å². The van der Waals surface area contributed by atoms with Crippen LogP contribution in [0.15, 0.2) is 47.4 Å². The lowest BCUT2D eigenvalue weighted by Crippen LogP contribution is -2.44. The van der Waals surface area contributed by atoms with Crippen molar-refractivity contribution in [1.82, 2.24) is 19.7 Å². The molecule has 1 atom stereocenters. The van der Waals surface area contributed by atoms with Crippen molar-refractivity contribution in [2.75, 3.05) is 33.7 Å². The van der Waals surface area contributed by atoms with Crippen molar-refractivity contribution in [3.8, 4) is 0 Å². The number of halogens is 1. The Morgan fingerprint density at radius 2 is 1.90 bits per heavy atom. The molecule has 1 aromatic carbocycles. The molecule has 0 aliphatic carbocycles. The van der Waals surface area contributed by atoms with Gasteiger partial charge in [0.05, 0.1) is 5.56 Å². The van der Waals surface area contributed by atoms with E-state index >= 15 is 0 Å². The van der Waals surface area contributed by atoms with E-state index in [0.717, 1.165) is 24.9 Å². The molecule has 1 N–H and O–H groups in total. The fourth-order valence-corrected chi connectivity index (χ4v) is 3.88. The molecule has 2 amide bonds. The topological polar surface area (TPSA) is 74.7 Å². The van der Waals surface area contributed by atoms with Gasteiger partial charge in [0.15, 0.2) is 0 Å². The summed E-state index contributed by atoms with van der Waals surface area (Å²) in [6.45, 7) is 2.44. The highest BCUT2D eigenvalue weighted by atomic mass is 19.1. The highest BCUT2D eigenvalue weighted by molar-refractivity contribution is 5.93. The number of amides is 2. The summed E-state index contributed by atoms with van der Waals surface area (Å²) < 4.78 is 14.3. The number of carbonyl (C=O) groups excluding carboxylic acids is 2. The summed E-state index contributed by atoms with van der Waals surface area (Å²) in [5.41, 5.74) is 0.722. The average Bonchev–Trinajstić information content (AvgIpc) is 2.74. The molecule has 31 heavy (non-hydrogen) atoms. The zero-order chi connectivity index (χ0) is 22.4. The molecule has 2 heterocycles. The van der Waals surface area contributed by atoms with Crippen molar-refractivity contribution in [2.24, 2.45) is 5.92 Å². The summed E-state index contributed by atoms with van der Waals surface area (Å²) >= 11 is 0. The van der Waals surface area contributed by atoms with Crippen LogP contribution in [0.2, 0.25) is 0 Å². The molecular formula is C23H29FN4O3. The normalized spacial score (nSPS) is 16.4. The van der Waals surface area contributed by atoms with Crippen molar-refractivity contribution < 1.29 is 14.0 Å². The Hall–Kier alpha value is -3.00. The van der Waals surface area contributed by atoms with Crippen LogP contribution in [-0.2, 0) is 17.9 Å². The number of aromatic nitrogens is 1. The van der Waals surface area contributed by atoms with Crippen LogP contribution in [-0.4, -0.2) is 59.9 Å². The molecule has 1 aliphatic rings. The van der Waals surface area contributed by atoms with Gasteiger partial charge in [-0.15, -0.1) is 0 Å². The number of rotatable bonds is 7. The van der Waals surface area contributed by atoms with E-state index in [2.05, 4.69) is 10.2 Å². The molecule has 0 radical (unpaired) electrons. The van der Waals surface area contributed by atoms with Gasteiger partial charge < -0.3 is 19.7 Å². The molecule has 166 valence electrons. The van der Waals surface area contributed by atoms with E-state index in [1.807, 2.05) is 19.0 Å². The summed E-state index contributed by atoms with van der Waals surface area (Å²) in [5, 5.41) is 2.75. The minimum Gasteiger partial charge on any atom is -0.348 e. The summed E-state index contributed by atoms with van der Waals surface area (Å²) in [6, 6.07) is 8.59. The Labute approximate surface area is 181 Å². The van der Waals surface area contributed by atoms with Gasteiger partial charge in [-0.25, -0.2) is 4.39 Å². The molecule has 0 spiro atoms. The van der Waals surface area contributed by atoms with Gasteiger partial charge in [-0.2, -0.15) is 0 Å². The first-order valence-electron chi connectivity index (χ1n) is 10.5. The highest BCUT2D eigenvalue weighted by Gasteiger charge is 2.24. The standard InChI is InChI=1S/C23H29FN4O3/c1-26(2)13-18-4-3-11-27(14-18)22(30)16-28-15-19(7-10-21(28)29)23(31)25-12-17-5-8-20(24)9-6-17/h5-10,15,18H,3-4,11-14,16H2,1-2H3,(H,25,31)/t18-/m1/s1. The number of piperidine rings is 1. The number of pyridine rings is 1. The number of nitrogens with one attached hydrogen (secondary N) is 1. The first-order chi connectivity index (χ1) is 14.8. The van der Waals surface area contributed by atoms with E-state index in [9.17, 15) is 18.8 Å². The van der Waals surface area contributed by atoms with Crippen molar-refractivity contribution in [3.63, 3.8) is 0 Å². The Kier molecular flexibility index (Phi) is 7.57. The molecule has 1 aromatic heterocycles. The highest BCUT2D eigenvalue weighted by Crippen LogP contribution is 2.17. The van der Waals surface area contributed by atoms with Crippen molar-refractivity contribution >= 4 is 11.8 Å². The number of likely N-dealkylation sites (tertiary alicyclic amines) is 1. The summed E-state index contributed by atoms with van der Waals surface area (Å²) in [5.74, 6) is -0.398. The third kappa shape index (κ3) is 6.49. The van der Waals surface area contributed by atoms with E-state index in [0.29, 0.717) is 24.6 Å². The van der Waals surface area contributed by atoms with Gasteiger partial charge in [0.25, 0.3) is 11.5 Å². The van der Waals surface area contributed by atoms with Gasteiger partial charge in [-0.3, -0.25) is 14.4 Å². The SMILES string of the molecule is CN(C)C[C@H]1CCCN(C(=O)Cn2cc(C(=O)NCc3ccc(F)cc3)ccc2=O)C1. The monoisotopic (exact) mass is 428 g/mol. The zero-order valence-electron chi connectivity index (χ0n) is 18.0. The minimum atomic E-state index is -0.366. The first-order valence-corrected chi connectivity index (χ1v) is 10.5. The third-order valence-corrected chi connectivity index (χ3v) is 5.41. The quantitative estimate of drug-likeness (QED) is 0.729. The lowest BCUT2D eigenvalue weighted by atomic mass is 9.97. The molecule has 2 aromatic rings. The Morgan fingerprint density at radius 1 is 1.16 bits per heavy atom. The lowest BCUT2D eigenvalue weighted by molar-refractivity contribution is -0.133. The number of benzene rings is 1. The first kappa shape index (κ1) is 22.7. The van der Waals surface area contributed by atoms with Crippen molar-refractivity contribution in [3.05, 3.63) is 69.9 Å². The molecule has 1 aliphatic heterocycles. The van der Waals surface area contributed by atoms with Crippen molar-refractivity contribution in [2.45, 2.75) is 25.9 Å². The van der Waals surface area contributed by atoms with Crippen molar-refractivity contribution in [1.29, 1.82) is 0 Å². The van der Waals surface area contributed by atoms with Gasteiger partial charge in [0.1, 0.15) is 12.4 Å². The fourth-order valence-electron chi connectivity index (χ4n) is 3.88. The van der Waals surface area contributed by atoms with Crippen LogP contribution in [0.3, 0.4) is 0 Å². The van der Waals surface area contributed by atoms with Gasteiger partial charge in [0, 0.05) is 38.4 Å². The Morgan fingerprint density at radius 3 is 2.61 bits per heavy atom. The maximum absolute atomic E-state index is 13.0.